The Labute approximate surface area is 254 Å². The summed E-state index contributed by atoms with van der Waals surface area (Å²) in [7, 11) is 1.51. The highest BCUT2D eigenvalue weighted by atomic mass is 35.5. The van der Waals surface area contributed by atoms with Crippen molar-refractivity contribution < 1.29 is 15.5 Å². The number of halogens is 2. The fraction of sp³-hybridized carbons (Fsp3) is 0.200. The van der Waals surface area contributed by atoms with E-state index in [0.29, 0.717) is 28.0 Å². The quantitative estimate of drug-likeness (QED) is 0.169. The monoisotopic (exact) mass is 607 g/mol. The van der Waals surface area contributed by atoms with E-state index in [2.05, 4.69) is 83.8 Å². The van der Waals surface area contributed by atoms with Crippen LogP contribution in [-0.2, 0) is 11.4 Å². The van der Waals surface area contributed by atoms with Crippen LogP contribution in [0.15, 0.2) is 85.2 Å². The number of benzene rings is 3. The maximum Gasteiger partial charge on any atom is 0.270 e. The average Bonchev–Trinajstić information content (AvgIpc) is 3.50. The number of carbonyl (C=O) groups excluding carboxylic acids is 1. The van der Waals surface area contributed by atoms with Crippen LogP contribution >= 0.6 is 23.2 Å². The van der Waals surface area contributed by atoms with Gasteiger partial charge in [-0.3, -0.25) is 10.1 Å². The minimum Gasteiger partial charge on any atom is -0.342 e. The van der Waals surface area contributed by atoms with E-state index in [1.807, 2.05) is 12.1 Å². The summed E-state index contributed by atoms with van der Waals surface area (Å²) in [6, 6.07) is 21.1. The molecule has 3 aromatic carbocycles. The summed E-state index contributed by atoms with van der Waals surface area (Å²) in [5.41, 5.74) is 5.82. The molecule has 0 spiro atoms. The van der Waals surface area contributed by atoms with E-state index in [1.54, 1.807) is 30.3 Å². The minimum atomic E-state index is -0.323. The topological polar surface area (TPSA) is 136 Å². The normalized spacial score (nSPS) is 12.4. The summed E-state index contributed by atoms with van der Waals surface area (Å²) in [4.78, 5) is 18.6. The summed E-state index contributed by atoms with van der Waals surface area (Å²) in [5.74, 6) is 3.43. The van der Waals surface area contributed by atoms with Crippen molar-refractivity contribution in [1.82, 2.24) is 20.6 Å². The van der Waals surface area contributed by atoms with Crippen molar-refractivity contribution in [1.29, 1.82) is 0 Å². The van der Waals surface area contributed by atoms with E-state index in [-0.39, 0.29) is 11.9 Å². The van der Waals surface area contributed by atoms with Gasteiger partial charge in [0, 0.05) is 33.5 Å². The molecule has 0 bridgehead atoms. The Morgan fingerprint density at radius 1 is 1.05 bits per heavy atom. The number of aromatic amines is 1. The maximum atomic E-state index is 12.5. The Hall–Kier alpha value is -4.22. The van der Waals surface area contributed by atoms with Gasteiger partial charge in [-0.25, -0.2) is 10.7 Å². The molecule has 0 radical (unpaired) electrons. The van der Waals surface area contributed by atoms with Crippen molar-refractivity contribution in [2.75, 3.05) is 22.6 Å². The lowest BCUT2D eigenvalue weighted by Gasteiger charge is -2.28. The van der Waals surface area contributed by atoms with Gasteiger partial charge in [-0.15, -0.1) is 5.10 Å². The molecule has 4 aromatic rings. The average molecular weight is 609 g/mol. The summed E-state index contributed by atoms with van der Waals surface area (Å²) < 4.78 is 0. The second-order valence-electron chi connectivity index (χ2n) is 9.51. The molecule has 42 heavy (non-hydrogen) atoms. The molecule has 0 saturated carbocycles. The van der Waals surface area contributed by atoms with Crippen LogP contribution in [0.3, 0.4) is 0 Å². The molecule has 5 rings (SSSR count). The smallest absolute Gasteiger partial charge is 0.270 e. The number of quaternary nitrogens is 1. The zero-order valence-corrected chi connectivity index (χ0v) is 24.8. The van der Waals surface area contributed by atoms with E-state index in [9.17, 15) is 4.79 Å². The van der Waals surface area contributed by atoms with Crippen LogP contribution in [0.1, 0.15) is 47.2 Å². The van der Waals surface area contributed by atoms with Crippen molar-refractivity contribution in [2.45, 2.75) is 32.2 Å². The van der Waals surface area contributed by atoms with Gasteiger partial charge in [-0.05, 0) is 90.1 Å². The van der Waals surface area contributed by atoms with E-state index in [1.165, 1.54) is 31.1 Å². The van der Waals surface area contributed by atoms with E-state index in [0.717, 1.165) is 29.8 Å². The van der Waals surface area contributed by atoms with Crippen LogP contribution in [-0.4, -0.2) is 33.6 Å². The van der Waals surface area contributed by atoms with E-state index in [4.69, 9.17) is 23.2 Å². The highest BCUT2D eigenvalue weighted by molar-refractivity contribution is 6.35. The van der Waals surface area contributed by atoms with Gasteiger partial charge < -0.3 is 10.2 Å². The van der Waals surface area contributed by atoms with Crippen molar-refractivity contribution in [2.24, 2.45) is 0 Å². The first-order valence-corrected chi connectivity index (χ1v) is 14.0. The first-order valence-electron chi connectivity index (χ1n) is 13.3. The number of nitrogens with zero attached hydrogens (tertiary/aromatic N) is 4. The Bertz CT molecular complexity index is 1490. The van der Waals surface area contributed by atoms with Crippen LogP contribution in [0.2, 0.25) is 10.0 Å². The minimum absolute atomic E-state index is 0.117. The molecule has 0 unspecified atom stereocenters. The highest BCUT2D eigenvalue weighted by Gasteiger charge is 2.15. The fourth-order valence-corrected chi connectivity index (χ4v) is 5.02. The largest absolute Gasteiger partial charge is 0.342 e. The van der Waals surface area contributed by atoms with Gasteiger partial charge in [-0.2, -0.15) is 5.21 Å². The van der Waals surface area contributed by atoms with Crippen molar-refractivity contribution in [3.63, 3.8) is 0 Å². The molecule has 10 nitrogen and oxygen atoms in total. The molecule has 0 aliphatic heterocycles. The van der Waals surface area contributed by atoms with Gasteiger partial charge in [0.2, 0.25) is 0 Å². The lowest BCUT2D eigenvalue weighted by Crippen LogP contribution is -2.46. The Balaban J connectivity index is 0.00000129. The number of H-pyrrole nitrogens is 1. The van der Waals surface area contributed by atoms with E-state index >= 15 is 0 Å². The Morgan fingerprint density at radius 2 is 1.74 bits per heavy atom. The van der Waals surface area contributed by atoms with Crippen LogP contribution < -0.4 is 21.4 Å². The number of nitrogens with one attached hydrogen (secondary N) is 3. The van der Waals surface area contributed by atoms with E-state index < -0.39 is 0 Å². The zero-order valence-electron chi connectivity index (χ0n) is 23.2. The van der Waals surface area contributed by atoms with Crippen LogP contribution in [0.5, 0.6) is 0 Å². The molecule has 1 aromatic heterocycles. The van der Waals surface area contributed by atoms with Gasteiger partial charge in [0.1, 0.15) is 5.82 Å². The molecule has 218 valence electrons. The molecule has 1 aliphatic carbocycles. The standard InChI is InChI=1S/C29H27Cl2N7O.CH6NO/c1-19(32-26-16-24(30)15-25(31)17-26)38(27-13-11-22(12-14-27)21-5-3-2-4-6-21)18-20-7-9-23(10-8-20)28(39)33-29-34-36-37-35-29;1-3-2/h5,7-17,32H,1-4,6,18H2,(H2,33,34,35,36,37,39);1-2H3/q;+1. The second kappa shape index (κ2) is 15.1. The molecule has 0 fully saturated rings. The lowest BCUT2D eigenvalue weighted by atomic mass is 9.93. The molecule has 12 heteroatoms. The maximum absolute atomic E-state index is 12.5. The molecule has 0 saturated heterocycles. The number of carbonyl (C=O) groups is 1. The number of amides is 1. The second-order valence-corrected chi connectivity index (χ2v) is 10.4. The zero-order chi connectivity index (χ0) is 29.9. The van der Waals surface area contributed by atoms with Crippen LogP contribution in [0, 0.1) is 0 Å². The van der Waals surface area contributed by atoms with Gasteiger partial charge in [-0.1, -0.05) is 65.2 Å². The first kappa shape index (κ1) is 30.7. The summed E-state index contributed by atoms with van der Waals surface area (Å²) >= 11 is 12.4. The van der Waals surface area contributed by atoms with Gasteiger partial charge in [0.05, 0.1) is 7.11 Å². The Kier molecular flexibility index (Phi) is 11.1. The number of anilines is 3. The Morgan fingerprint density at radius 3 is 2.33 bits per heavy atom. The summed E-state index contributed by atoms with van der Waals surface area (Å²) in [6.45, 7) is 4.82. The number of tetrazole rings is 1. The fourth-order valence-electron chi connectivity index (χ4n) is 4.49. The molecule has 1 amide bonds. The van der Waals surface area contributed by atoms with Crippen molar-refractivity contribution >= 4 is 52.0 Å². The van der Waals surface area contributed by atoms with Crippen LogP contribution in [0.25, 0.3) is 5.57 Å². The summed E-state index contributed by atoms with van der Waals surface area (Å²) in [6.07, 6.45) is 7.07. The number of allylic oxidation sites excluding steroid dienone is 2. The SMILES string of the molecule is C=C(Nc1cc(Cl)cc(Cl)c1)N(Cc1ccc(C(=O)Nc2nn[nH]n2)cc1)c1ccc(C2=CCCCC2)cc1.CO[NH3+]. The molecule has 1 aliphatic rings. The lowest BCUT2D eigenvalue weighted by molar-refractivity contribution is -0.679. The number of rotatable bonds is 9. The van der Waals surface area contributed by atoms with Crippen LogP contribution in [0.4, 0.5) is 17.3 Å². The molecule has 6 N–H and O–H groups in total. The third-order valence-electron chi connectivity index (χ3n) is 6.45. The molecular weight excluding hydrogens is 575 g/mol. The van der Waals surface area contributed by atoms with Crippen molar-refractivity contribution in [3.05, 3.63) is 112 Å². The molecule has 1 heterocycles. The van der Waals surface area contributed by atoms with Crippen molar-refractivity contribution in [3.8, 4) is 0 Å². The van der Waals surface area contributed by atoms with Gasteiger partial charge in [0.25, 0.3) is 11.9 Å². The van der Waals surface area contributed by atoms with Gasteiger partial charge >= 0.3 is 0 Å². The first-order chi connectivity index (χ1) is 20.4. The summed E-state index contributed by atoms with van der Waals surface area (Å²) in [5, 5.41) is 20.2. The number of aromatic nitrogens is 4. The molecule has 0 atom stereocenters. The number of hydrogen-bond acceptors (Lipinski definition) is 7. The third-order valence-corrected chi connectivity index (χ3v) is 6.88. The molecular formula is C30H33Cl2N8O2+. The predicted molar refractivity (Wildman–Crippen MR) is 167 cm³/mol. The third kappa shape index (κ3) is 8.64. The predicted octanol–water partition coefficient (Wildman–Crippen LogP) is 6.10. The number of hydrogen-bond donors (Lipinski definition) is 4. The van der Waals surface area contributed by atoms with Gasteiger partial charge in [0.15, 0.2) is 0 Å². The highest BCUT2D eigenvalue weighted by Crippen LogP contribution is 2.30.